The van der Waals surface area contributed by atoms with E-state index in [1.165, 1.54) is 107 Å². The molecule has 1 unspecified atom stereocenters. The van der Waals surface area contributed by atoms with Crippen LogP contribution in [0, 0.1) is 56.5 Å². The molecule has 3 aromatic heterocycles. The van der Waals surface area contributed by atoms with Gasteiger partial charge in [-0.25, -0.2) is 9.37 Å². The van der Waals surface area contributed by atoms with Gasteiger partial charge in [-0.15, -0.1) is 35.7 Å². The monoisotopic (exact) mass is 899 g/mol. The molecule has 0 spiro atoms. The van der Waals surface area contributed by atoms with Crippen LogP contribution in [0.5, 0.6) is 11.5 Å². The summed E-state index contributed by atoms with van der Waals surface area (Å²) >= 11 is 0. The zero-order chi connectivity index (χ0) is 36.1. The van der Waals surface area contributed by atoms with Crippen molar-refractivity contribution in [2.24, 2.45) is 17.8 Å². The minimum absolute atomic E-state index is 0. The summed E-state index contributed by atoms with van der Waals surface area (Å²) in [5, 5.41) is 7.32. The van der Waals surface area contributed by atoms with Crippen LogP contribution in [-0.4, -0.2) is 19.3 Å². The fourth-order valence-corrected chi connectivity index (χ4v) is 10.3. The molecule has 0 bridgehead atoms. The molecule has 9 rings (SSSR count). The van der Waals surface area contributed by atoms with Crippen molar-refractivity contribution >= 4 is 21.8 Å². The number of allylic oxidation sites excluding steroid dienone is 2. The Hall–Kier alpha value is -4.02. The van der Waals surface area contributed by atoms with Crippen LogP contribution < -0.4 is 4.74 Å². The minimum atomic E-state index is -0.336. The number of hydrogen-bond donors (Lipinski definition) is 0. The van der Waals surface area contributed by atoms with Gasteiger partial charge in [0.15, 0.2) is 0 Å². The van der Waals surface area contributed by atoms with E-state index in [1.54, 1.807) is 5.57 Å². The second kappa shape index (κ2) is 15.6. The first-order valence-electron chi connectivity index (χ1n) is 20.0. The fourth-order valence-electron chi connectivity index (χ4n) is 10.3. The summed E-state index contributed by atoms with van der Waals surface area (Å²) in [6, 6.07) is 26.2. The van der Waals surface area contributed by atoms with Crippen molar-refractivity contribution in [3.05, 3.63) is 119 Å². The molecule has 0 radical (unpaired) electrons. The molecule has 54 heavy (non-hydrogen) atoms. The van der Waals surface area contributed by atoms with E-state index in [-0.39, 0.29) is 26.9 Å². The number of aromatic nitrogens is 4. The molecule has 0 amide bonds. The van der Waals surface area contributed by atoms with Gasteiger partial charge in [0.25, 0.3) is 0 Å². The standard InChI is InChI=1S/C47H49FN4O.Pt/c1-30-25-36(28-38(26-30)53-37-21-22-42-41-17-10-11-20-43(41)51(44(42)29-37)45-27-35(48)23-24-49-45)52-32(3)46(31(2)50-52)47-39(33-13-6-4-7-14-33)18-12-19-40(47)34-15-8-5-9-16-34;/h10-11,17-18,20-27,33-34,40,47H,4-9,12-16,19H2,1-3H3;/q-2;+2/t40-,47?;/m1./s1. The van der Waals surface area contributed by atoms with E-state index in [0.29, 0.717) is 35.1 Å². The summed E-state index contributed by atoms with van der Waals surface area (Å²) in [5.41, 5.74) is 9.22. The molecule has 2 fully saturated rings. The van der Waals surface area contributed by atoms with Gasteiger partial charge in [0.1, 0.15) is 11.6 Å². The number of halogens is 1. The van der Waals surface area contributed by atoms with Crippen LogP contribution in [0.3, 0.4) is 0 Å². The molecule has 3 heterocycles. The van der Waals surface area contributed by atoms with E-state index in [2.05, 4.69) is 60.8 Å². The molecule has 6 aromatic rings. The van der Waals surface area contributed by atoms with Gasteiger partial charge in [-0.2, -0.15) is 16.7 Å². The number of hydrogen-bond acceptors (Lipinski definition) is 3. The van der Waals surface area contributed by atoms with Crippen molar-refractivity contribution < 1.29 is 30.2 Å². The molecule has 5 nitrogen and oxygen atoms in total. The Morgan fingerprint density at radius 2 is 1.57 bits per heavy atom. The molecule has 280 valence electrons. The van der Waals surface area contributed by atoms with E-state index < -0.39 is 0 Å². The summed E-state index contributed by atoms with van der Waals surface area (Å²) in [5.74, 6) is 3.98. The van der Waals surface area contributed by atoms with Crippen molar-refractivity contribution in [3.8, 4) is 23.0 Å². The molecule has 2 atom stereocenters. The predicted molar refractivity (Wildman–Crippen MR) is 211 cm³/mol. The Kier molecular flexibility index (Phi) is 10.7. The maximum atomic E-state index is 14.4. The number of nitrogens with zero attached hydrogens (tertiary/aromatic N) is 4. The molecule has 3 aromatic carbocycles. The number of para-hydroxylation sites is 1. The van der Waals surface area contributed by atoms with Gasteiger partial charge >= 0.3 is 21.1 Å². The summed E-state index contributed by atoms with van der Waals surface area (Å²) in [6.07, 6.45) is 20.3. The first-order valence-corrected chi connectivity index (χ1v) is 20.0. The van der Waals surface area contributed by atoms with Gasteiger partial charge < -0.3 is 9.30 Å². The van der Waals surface area contributed by atoms with Crippen LogP contribution in [0.2, 0.25) is 0 Å². The third-order valence-electron chi connectivity index (χ3n) is 12.6. The number of fused-ring (bicyclic) bond motifs is 3. The Balaban J connectivity index is 0.00000413. The Morgan fingerprint density at radius 1 is 0.796 bits per heavy atom. The second-order valence-corrected chi connectivity index (χ2v) is 15.9. The fraction of sp³-hybridized carbons (Fsp3) is 0.404. The number of rotatable bonds is 7. The summed E-state index contributed by atoms with van der Waals surface area (Å²) in [7, 11) is 0. The quantitative estimate of drug-likeness (QED) is 0.118. The third-order valence-corrected chi connectivity index (χ3v) is 12.6. The zero-order valence-corrected chi connectivity index (χ0v) is 33.9. The molecule has 0 aliphatic heterocycles. The van der Waals surface area contributed by atoms with E-state index in [1.807, 2.05) is 41.0 Å². The Bertz CT molecular complexity index is 2330. The molecule has 3 aliphatic rings. The van der Waals surface area contributed by atoms with E-state index >= 15 is 0 Å². The van der Waals surface area contributed by atoms with E-state index in [4.69, 9.17) is 9.84 Å². The van der Waals surface area contributed by atoms with Gasteiger partial charge in [-0.1, -0.05) is 93.7 Å². The minimum Gasteiger partial charge on any atom is -0.509 e. The van der Waals surface area contributed by atoms with E-state index in [9.17, 15) is 4.39 Å². The molecular weight excluding hydrogens is 851 g/mol. The van der Waals surface area contributed by atoms with Crippen LogP contribution in [0.4, 0.5) is 4.39 Å². The van der Waals surface area contributed by atoms with Gasteiger partial charge in [0.2, 0.25) is 0 Å². The van der Waals surface area contributed by atoms with Gasteiger partial charge in [-0.05, 0) is 80.5 Å². The molecule has 0 saturated heterocycles. The van der Waals surface area contributed by atoms with Crippen LogP contribution in [-0.2, 0) is 21.1 Å². The van der Waals surface area contributed by atoms with Crippen molar-refractivity contribution in [1.29, 1.82) is 0 Å². The Labute approximate surface area is 333 Å². The van der Waals surface area contributed by atoms with Gasteiger partial charge in [0, 0.05) is 46.5 Å². The SMILES string of the molecule is Cc1cc(Oc2[c-]c3c(cc2)c2ccccc2n3-c2cc(F)ccn2)[c-]c(-n2nc(C)c(C3C(C4CCCCC4)=CCC[C@@H]3C3CCCCC3)c2C)c1.[Pt+2]. The number of ether oxygens (including phenoxy) is 1. The first kappa shape index (κ1) is 36.9. The predicted octanol–water partition coefficient (Wildman–Crippen LogP) is 12.4. The maximum absolute atomic E-state index is 14.4. The zero-order valence-electron chi connectivity index (χ0n) is 31.6. The molecule has 7 heteroatoms. The van der Waals surface area contributed by atoms with Crippen LogP contribution >= 0.6 is 0 Å². The average molecular weight is 900 g/mol. The molecule has 0 N–H and O–H groups in total. The number of benzene rings is 3. The largest absolute Gasteiger partial charge is 2.00 e. The smallest absolute Gasteiger partial charge is 0.509 e. The summed E-state index contributed by atoms with van der Waals surface area (Å²) in [6.45, 7) is 6.60. The summed E-state index contributed by atoms with van der Waals surface area (Å²) < 4.78 is 25.0. The molecule has 3 aliphatic carbocycles. The third kappa shape index (κ3) is 6.89. The van der Waals surface area contributed by atoms with Gasteiger partial charge in [-0.3, -0.25) is 4.68 Å². The van der Waals surface area contributed by atoms with Crippen LogP contribution in [0.15, 0.2) is 78.5 Å². The van der Waals surface area contributed by atoms with Crippen LogP contribution in [0.25, 0.3) is 33.3 Å². The summed E-state index contributed by atoms with van der Waals surface area (Å²) in [4.78, 5) is 4.51. The maximum Gasteiger partial charge on any atom is 2.00 e. The second-order valence-electron chi connectivity index (χ2n) is 15.9. The van der Waals surface area contributed by atoms with Crippen molar-refractivity contribution in [2.45, 2.75) is 104 Å². The number of pyridine rings is 1. The average Bonchev–Trinajstić information content (AvgIpc) is 3.67. The molecule has 2 saturated carbocycles. The number of aryl methyl sites for hydroxylation is 2. The van der Waals surface area contributed by atoms with Crippen LogP contribution in [0.1, 0.15) is 105 Å². The topological polar surface area (TPSA) is 44.9 Å². The van der Waals surface area contributed by atoms with Crippen molar-refractivity contribution in [3.63, 3.8) is 0 Å². The first-order chi connectivity index (χ1) is 25.9. The van der Waals surface area contributed by atoms with Gasteiger partial charge in [0.05, 0.1) is 5.69 Å². The van der Waals surface area contributed by atoms with E-state index in [0.717, 1.165) is 44.7 Å². The normalized spacial score (nSPS) is 19.9. The van der Waals surface area contributed by atoms with Crippen molar-refractivity contribution in [2.75, 3.05) is 0 Å². The Morgan fingerprint density at radius 3 is 2.37 bits per heavy atom. The van der Waals surface area contributed by atoms with Crippen molar-refractivity contribution in [1.82, 2.24) is 19.3 Å². The molecular formula is C47H49FN4OPt.